The monoisotopic (exact) mass is 340 g/mol. The SMILES string of the molecule is CNC(=O)c1ccc(NC(=O)C23CC4CC(C)(CC(C)(C4)C2)C3)cc1. The molecule has 0 aliphatic heterocycles. The average molecular weight is 340 g/mol. The molecule has 2 N–H and O–H groups in total. The van der Waals surface area contributed by atoms with Crippen LogP contribution in [0.25, 0.3) is 0 Å². The molecule has 0 radical (unpaired) electrons. The Morgan fingerprint density at radius 1 is 0.960 bits per heavy atom. The normalized spacial score (nSPS) is 38.4. The fourth-order valence-corrected chi connectivity index (χ4v) is 6.81. The third-order valence-electron chi connectivity index (χ3n) is 6.74. The van der Waals surface area contributed by atoms with Crippen LogP contribution in [-0.4, -0.2) is 18.9 Å². The van der Waals surface area contributed by atoms with E-state index in [1.165, 1.54) is 19.3 Å². The molecule has 2 unspecified atom stereocenters. The van der Waals surface area contributed by atoms with Crippen LogP contribution in [0.2, 0.25) is 0 Å². The summed E-state index contributed by atoms with van der Waals surface area (Å²) in [5.41, 5.74) is 1.84. The lowest BCUT2D eigenvalue weighted by Gasteiger charge is -2.64. The van der Waals surface area contributed by atoms with Crippen molar-refractivity contribution < 1.29 is 9.59 Å². The number of carbonyl (C=O) groups excluding carboxylic acids is 2. The van der Waals surface area contributed by atoms with E-state index < -0.39 is 0 Å². The number of carbonyl (C=O) groups is 2. The van der Waals surface area contributed by atoms with Crippen LogP contribution < -0.4 is 10.6 Å². The van der Waals surface area contributed by atoms with Gasteiger partial charge in [0.15, 0.2) is 0 Å². The Morgan fingerprint density at radius 3 is 2.08 bits per heavy atom. The van der Waals surface area contributed by atoms with Crippen LogP contribution in [0.1, 0.15) is 62.7 Å². The van der Waals surface area contributed by atoms with E-state index in [9.17, 15) is 9.59 Å². The van der Waals surface area contributed by atoms with Crippen molar-refractivity contribution in [2.75, 3.05) is 12.4 Å². The molecule has 1 aromatic carbocycles. The lowest BCUT2D eigenvalue weighted by atomic mass is 9.40. The van der Waals surface area contributed by atoms with Crippen molar-refractivity contribution in [2.24, 2.45) is 22.2 Å². The van der Waals surface area contributed by atoms with Crippen LogP contribution in [0.4, 0.5) is 5.69 Å². The van der Waals surface area contributed by atoms with E-state index in [0.717, 1.165) is 24.9 Å². The first-order chi connectivity index (χ1) is 11.7. The van der Waals surface area contributed by atoms with E-state index in [4.69, 9.17) is 0 Å². The number of amides is 2. The maximum Gasteiger partial charge on any atom is 0.251 e. The maximum atomic E-state index is 13.2. The Bertz CT molecular complexity index is 706. The van der Waals surface area contributed by atoms with Gasteiger partial charge in [-0.25, -0.2) is 0 Å². The zero-order chi connectivity index (χ0) is 17.9. The first kappa shape index (κ1) is 16.6. The van der Waals surface area contributed by atoms with Crippen molar-refractivity contribution >= 4 is 17.5 Å². The summed E-state index contributed by atoms with van der Waals surface area (Å²) in [5, 5.41) is 5.76. The molecule has 25 heavy (non-hydrogen) atoms. The number of hydrogen-bond donors (Lipinski definition) is 2. The molecule has 0 saturated heterocycles. The van der Waals surface area contributed by atoms with E-state index in [1.54, 1.807) is 19.2 Å². The molecule has 2 amide bonds. The maximum absolute atomic E-state index is 13.2. The minimum atomic E-state index is -0.206. The second-order valence-corrected chi connectivity index (χ2v) is 9.52. The molecule has 5 rings (SSSR count). The fraction of sp³-hybridized carbons (Fsp3) is 0.619. The Morgan fingerprint density at radius 2 is 1.56 bits per heavy atom. The standard InChI is InChI=1S/C21H28N2O2/c1-19-8-14-9-20(2,11-19)13-21(10-14,12-19)18(25)23-16-6-4-15(5-7-16)17(24)22-3/h4-7,14H,8-13H2,1-3H3,(H,22,24)(H,23,25). The van der Waals surface area contributed by atoms with E-state index >= 15 is 0 Å². The molecular weight excluding hydrogens is 312 g/mol. The minimum Gasteiger partial charge on any atom is -0.355 e. The second-order valence-electron chi connectivity index (χ2n) is 9.52. The van der Waals surface area contributed by atoms with Crippen molar-refractivity contribution in [3.05, 3.63) is 29.8 Å². The highest BCUT2D eigenvalue weighted by molar-refractivity contribution is 5.97. The molecular formula is C21H28N2O2. The molecule has 4 nitrogen and oxygen atoms in total. The molecule has 4 heteroatoms. The van der Waals surface area contributed by atoms with Crippen LogP contribution in [0, 0.1) is 22.2 Å². The molecule has 0 spiro atoms. The molecule has 2 atom stereocenters. The Kier molecular flexibility index (Phi) is 3.54. The third-order valence-corrected chi connectivity index (χ3v) is 6.74. The zero-order valence-electron chi connectivity index (χ0n) is 15.4. The third kappa shape index (κ3) is 2.76. The summed E-state index contributed by atoms with van der Waals surface area (Å²) in [6.07, 6.45) is 6.94. The van der Waals surface area contributed by atoms with Gasteiger partial charge >= 0.3 is 0 Å². The van der Waals surface area contributed by atoms with Crippen LogP contribution in [0.5, 0.6) is 0 Å². The Balaban J connectivity index is 1.54. The van der Waals surface area contributed by atoms with Gasteiger partial charge in [0.2, 0.25) is 5.91 Å². The van der Waals surface area contributed by atoms with Gasteiger partial charge in [0.25, 0.3) is 5.91 Å². The molecule has 134 valence electrons. The van der Waals surface area contributed by atoms with Gasteiger partial charge in [-0.15, -0.1) is 0 Å². The largest absolute Gasteiger partial charge is 0.355 e. The smallest absolute Gasteiger partial charge is 0.251 e. The van der Waals surface area contributed by atoms with Crippen LogP contribution >= 0.6 is 0 Å². The predicted octanol–water partition coefficient (Wildman–Crippen LogP) is 3.98. The first-order valence-electron chi connectivity index (χ1n) is 9.39. The number of hydrogen-bond acceptors (Lipinski definition) is 2. The van der Waals surface area contributed by atoms with Gasteiger partial charge < -0.3 is 10.6 Å². The lowest BCUT2D eigenvalue weighted by molar-refractivity contribution is -0.165. The molecule has 4 bridgehead atoms. The number of anilines is 1. The highest BCUT2D eigenvalue weighted by Gasteiger charge is 2.62. The number of benzene rings is 1. The Hall–Kier alpha value is -1.84. The Labute approximate surface area is 149 Å². The van der Waals surface area contributed by atoms with E-state index in [1.807, 2.05) is 12.1 Å². The van der Waals surface area contributed by atoms with Crippen molar-refractivity contribution in [1.29, 1.82) is 0 Å². The van der Waals surface area contributed by atoms with Gasteiger partial charge in [-0.2, -0.15) is 0 Å². The summed E-state index contributed by atoms with van der Waals surface area (Å²) < 4.78 is 0. The molecule has 1 aromatic rings. The van der Waals surface area contributed by atoms with Gasteiger partial charge in [-0.3, -0.25) is 9.59 Å². The van der Waals surface area contributed by atoms with E-state index in [2.05, 4.69) is 24.5 Å². The summed E-state index contributed by atoms with van der Waals surface area (Å²) in [5.74, 6) is 0.772. The molecule has 0 heterocycles. The number of rotatable bonds is 3. The summed E-state index contributed by atoms with van der Waals surface area (Å²) >= 11 is 0. The minimum absolute atomic E-state index is 0.111. The summed E-state index contributed by atoms with van der Waals surface area (Å²) in [6.45, 7) is 4.77. The lowest BCUT2D eigenvalue weighted by Crippen LogP contribution is -2.58. The topological polar surface area (TPSA) is 58.2 Å². The summed E-state index contributed by atoms with van der Waals surface area (Å²) in [7, 11) is 1.62. The van der Waals surface area contributed by atoms with Crippen molar-refractivity contribution in [1.82, 2.24) is 5.32 Å². The van der Waals surface area contributed by atoms with E-state index in [-0.39, 0.29) is 17.2 Å². The van der Waals surface area contributed by atoms with Crippen LogP contribution in [-0.2, 0) is 4.79 Å². The van der Waals surface area contributed by atoms with Crippen molar-refractivity contribution in [2.45, 2.75) is 52.4 Å². The van der Waals surface area contributed by atoms with Crippen LogP contribution in [0.15, 0.2) is 24.3 Å². The molecule has 4 fully saturated rings. The summed E-state index contributed by atoms with van der Waals surface area (Å²) in [4.78, 5) is 24.9. The quantitative estimate of drug-likeness (QED) is 0.874. The van der Waals surface area contributed by atoms with Gasteiger partial charge in [-0.05, 0) is 79.5 Å². The van der Waals surface area contributed by atoms with Gasteiger partial charge in [0.1, 0.15) is 0 Å². The highest BCUT2D eigenvalue weighted by Crippen LogP contribution is 2.69. The van der Waals surface area contributed by atoms with Gasteiger partial charge in [-0.1, -0.05) is 13.8 Å². The molecule has 4 aliphatic rings. The predicted molar refractivity (Wildman–Crippen MR) is 98.3 cm³/mol. The molecule has 0 aromatic heterocycles. The molecule has 4 aliphatic carbocycles. The summed E-state index contributed by atoms with van der Waals surface area (Å²) in [6, 6.07) is 7.17. The zero-order valence-corrected chi connectivity index (χ0v) is 15.4. The van der Waals surface area contributed by atoms with Gasteiger partial charge in [0.05, 0.1) is 5.41 Å². The highest BCUT2D eigenvalue weighted by atomic mass is 16.2. The molecule has 4 saturated carbocycles. The van der Waals surface area contributed by atoms with Crippen LogP contribution in [0.3, 0.4) is 0 Å². The average Bonchev–Trinajstić information content (AvgIpc) is 2.51. The second kappa shape index (κ2) is 5.33. The number of nitrogens with one attached hydrogen (secondary N) is 2. The fourth-order valence-electron chi connectivity index (χ4n) is 6.81. The van der Waals surface area contributed by atoms with E-state index in [0.29, 0.717) is 22.3 Å². The van der Waals surface area contributed by atoms with Crippen molar-refractivity contribution in [3.63, 3.8) is 0 Å². The van der Waals surface area contributed by atoms with Crippen molar-refractivity contribution in [3.8, 4) is 0 Å². The first-order valence-corrected chi connectivity index (χ1v) is 9.39. The van der Waals surface area contributed by atoms with Gasteiger partial charge in [0, 0.05) is 18.3 Å².